The number of pyridine rings is 1. The highest BCUT2D eigenvalue weighted by Gasteiger charge is 2.31. The first-order chi connectivity index (χ1) is 12.1. The third-order valence-electron chi connectivity index (χ3n) is 6.25. The molecule has 1 aliphatic carbocycles. The summed E-state index contributed by atoms with van der Waals surface area (Å²) >= 11 is 0. The van der Waals surface area contributed by atoms with Gasteiger partial charge in [-0.2, -0.15) is 0 Å². The molecule has 1 saturated carbocycles. The van der Waals surface area contributed by atoms with E-state index in [1.165, 1.54) is 12.8 Å². The molecule has 1 aromatic heterocycles. The average Bonchev–Trinajstić information content (AvgIpc) is 2.65. The summed E-state index contributed by atoms with van der Waals surface area (Å²) in [6.45, 7) is 10.3. The minimum atomic E-state index is -0.0599. The summed E-state index contributed by atoms with van der Waals surface area (Å²) in [5.41, 5.74) is 0. The van der Waals surface area contributed by atoms with Gasteiger partial charge >= 0.3 is 0 Å². The highest BCUT2D eigenvalue weighted by Crippen LogP contribution is 2.29. The first-order valence-electron chi connectivity index (χ1n) is 9.76. The Bertz CT molecular complexity index is 556. The number of rotatable bonds is 4. The van der Waals surface area contributed by atoms with Crippen molar-refractivity contribution in [1.29, 1.82) is 0 Å². The predicted molar refractivity (Wildman–Crippen MR) is 102 cm³/mol. The van der Waals surface area contributed by atoms with Gasteiger partial charge in [0.15, 0.2) is 0 Å². The van der Waals surface area contributed by atoms with E-state index >= 15 is 0 Å². The van der Waals surface area contributed by atoms with Gasteiger partial charge in [-0.25, -0.2) is 4.98 Å². The molecule has 5 heteroatoms. The van der Waals surface area contributed by atoms with E-state index in [0.29, 0.717) is 17.9 Å². The molecular formula is C20H32N4O. The van der Waals surface area contributed by atoms with Crippen LogP contribution in [-0.2, 0) is 4.79 Å². The van der Waals surface area contributed by atoms with Crippen LogP contribution in [0.5, 0.6) is 0 Å². The van der Waals surface area contributed by atoms with Crippen LogP contribution in [0.25, 0.3) is 0 Å². The van der Waals surface area contributed by atoms with E-state index in [4.69, 9.17) is 0 Å². The normalized spacial score (nSPS) is 29.2. The van der Waals surface area contributed by atoms with Crippen molar-refractivity contribution in [2.45, 2.75) is 52.1 Å². The van der Waals surface area contributed by atoms with Crippen LogP contribution in [0.1, 0.15) is 40.0 Å². The molecule has 2 aliphatic rings. The van der Waals surface area contributed by atoms with E-state index in [-0.39, 0.29) is 11.9 Å². The molecule has 3 rings (SSSR count). The SMILES string of the molecule is C[C@@H]1[C@@H](C)CCC[C@H]1NC(=O)[C@@H](C)N1CCN(c2ccccn2)CC1. The van der Waals surface area contributed by atoms with Crippen molar-refractivity contribution in [3.05, 3.63) is 24.4 Å². The van der Waals surface area contributed by atoms with E-state index < -0.39 is 0 Å². The molecule has 1 aromatic rings. The fourth-order valence-corrected chi connectivity index (χ4v) is 4.13. The number of hydrogen-bond donors (Lipinski definition) is 1. The Hall–Kier alpha value is -1.62. The van der Waals surface area contributed by atoms with Crippen LogP contribution in [0.3, 0.4) is 0 Å². The smallest absolute Gasteiger partial charge is 0.237 e. The van der Waals surface area contributed by atoms with Crippen LogP contribution in [0.4, 0.5) is 5.82 Å². The molecule has 1 N–H and O–H groups in total. The first kappa shape index (κ1) is 18.2. The van der Waals surface area contributed by atoms with E-state index in [2.05, 4.69) is 40.0 Å². The summed E-state index contributed by atoms with van der Waals surface area (Å²) < 4.78 is 0. The molecule has 138 valence electrons. The fourth-order valence-electron chi connectivity index (χ4n) is 4.13. The minimum Gasteiger partial charge on any atom is -0.354 e. The molecule has 5 nitrogen and oxygen atoms in total. The molecule has 1 saturated heterocycles. The van der Waals surface area contributed by atoms with Gasteiger partial charge in [0.2, 0.25) is 5.91 Å². The maximum absolute atomic E-state index is 12.7. The van der Waals surface area contributed by atoms with Crippen molar-refractivity contribution in [2.75, 3.05) is 31.1 Å². The van der Waals surface area contributed by atoms with Crippen molar-refractivity contribution in [3.8, 4) is 0 Å². The summed E-state index contributed by atoms with van der Waals surface area (Å²) in [5, 5.41) is 3.33. The highest BCUT2D eigenvalue weighted by atomic mass is 16.2. The number of carbonyl (C=O) groups excluding carboxylic acids is 1. The van der Waals surface area contributed by atoms with E-state index in [9.17, 15) is 4.79 Å². The van der Waals surface area contributed by atoms with Gasteiger partial charge in [-0.05, 0) is 37.3 Å². The Morgan fingerprint density at radius 3 is 2.64 bits per heavy atom. The largest absolute Gasteiger partial charge is 0.354 e. The Balaban J connectivity index is 1.50. The van der Waals surface area contributed by atoms with Crippen LogP contribution in [0.2, 0.25) is 0 Å². The lowest BCUT2D eigenvalue weighted by Gasteiger charge is -2.39. The molecule has 0 spiro atoms. The summed E-state index contributed by atoms with van der Waals surface area (Å²) in [7, 11) is 0. The first-order valence-corrected chi connectivity index (χ1v) is 9.76. The number of piperazine rings is 1. The highest BCUT2D eigenvalue weighted by molar-refractivity contribution is 5.81. The number of carbonyl (C=O) groups is 1. The zero-order chi connectivity index (χ0) is 17.8. The zero-order valence-corrected chi connectivity index (χ0v) is 15.8. The Morgan fingerprint density at radius 1 is 1.20 bits per heavy atom. The van der Waals surface area contributed by atoms with Crippen molar-refractivity contribution >= 4 is 11.7 Å². The topological polar surface area (TPSA) is 48.5 Å². The summed E-state index contributed by atoms with van der Waals surface area (Å²) in [6.07, 6.45) is 5.48. The van der Waals surface area contributed by atoms with Gasteiger partial charge in [-0.3, -0.25) is 9.69 Å². The molecule has 0 radical (unpaired) electrons. The number of hydrogen-bond acceptors (Lipinski definition) is 4. The Labute approximate surface area is 151 Å². The van der Waals surface area contributed by atoms with Gasteiger partial charge in [0.05, 0.1) is 6.04 Å². The van der Waals surface area contributed by atoms with Crippen molar-refractivity contribution in [3.63, 3.8) is 0 Å². The molecule has 1 amide bonds. The molecule has 4 atom stereocenters. The maximum atomic E-state index is 12.7. The molecule has 0 bridgehead atoms. The van der Waals surface area contributed by atoms with Crippen LogP contribution < -0.4 is 10.2 Å². The van der Waals surface area contributed by atoms with E-state index in [1.807, 2.05) is 25.3 Å². The van der Waals surface area contributed by atoms with Gasteiger partial charge in [0.1, 0.15) is 5.82 Å². The van der Waals surface area contributed by atoms with E-state index in [1.54, 1.807) is 0 Å². The van der Waals surface area contributed by atoms with Gasteiger partial charge in [-0.1, -0.05) is 32.8 Å². The monoisotopic (exact) mass is 344 g/mol. The average molecular weight is 345 g/mol. The molecule has 0 aromatic carbocycles. The maximum Gasteiger partial charge on any atom is 0.237 e. The minimum absolute atomic E-state index is 0.0599. The number of amides is 1. The lowest BCUT2D eigenvalue weighted by molar-refractivity contribution is -0.127. The Kier molecular flexibility index (Phi) is 5.94. The lowest BCUT2D eigenvalue weighted by Crippen LogP contribution is -2.56. The second-order valence-corrected chi connectivity index (χ2v) is 7.77. The lowest BCUT2D eigenvalue weighted by atomic mass is 9.78. The standard InChI is InChI=1S/C20H32N4O/c1-15-7-6-8-18(16(15)2)22-20(25)17(3)23-11-13-24(14-12-23)19-9-4-5-10-21-19/h4-5,9-10,15-18H,6-8,11-14H2,1-3H3,(H,22,25)/t15-,16+,17+,18+/m0/s1. The second kappa shape index (κ2) is 8.17. The third kappa shape index (κ3) is 4.32. The number of anilines is 1. The fraction of sp³-hybridized carbons (Fsp3) is 0.700. The molecular weight excluding hydrogens is 312 g/mol. The van der Waals surface area contributed by atoms with Crippen molar-refractivity contribution < 1.29 is 4.79 Å². The number of nitrogens with one attached hydrogen (secondary N) is 1. The number of nitrogens with zero attached hydrogens (tertiary/aromatic N) is 3. The Morgan fingerprint density at radius 2 is 1.96 bits per heavy atom. The molecule has 0 unspecified atom stereocenters. The van der Waals surface area contributed by atoms with Gasteiger partial charge in [0, 0.05) is 38.4 Å². The van der Waals surface area contributed by atoms with Crippen LogP contribution in [-0.4, -0.2) is 54.1 Å². The molecule has 1 aliphatic heterocycles. The van der Waals surface area contributed by atoms with Gasteiger partial charge in [0.25, 0.3) is 0 Å². The van der Waals surface area contributed by atoms with Crippen LogP contribution in [0, 0.1) is 11.8 Å². The second-order valence-electron chi connectivity index (χ2n) is 7.77. The van der Waals surface area contributed by atoms with Gasteiger partial charge < -0.3 is 10.2 Å². The van der Waals surface area contributed by atoms with E-state index in [0.717, 1.165) is 38.4 Å². The van der Waals surface area contributed by atoms with Crippen molar-refractivity contribution in [1.82, 2.24) is 15.2 Å². The molecule has 25 heavy (non-hydrogen) atoms. The third-order valence-corrected chi connectivity index (χ3v) is 6.25. The summed E-state index contributed by atoms with van der Waals surface area (Å²) in [5.74, 6) is 2.50. The van der Waals surface area contributed by atoms with Gasteiger partial charge in [-0.15, -0.1) is 0 Å². The number of aromatic nitrogens is 1. The molecule has 2 heterocycles. The molecule has 2 fully saturated rings. The summed E-state index contributed by atoms with van der Waals surface area (Å²) in [4.78, 5) is 21.8. The zero-order valence-electron chi connectivity index (χ0n) is 15.8. The van der Waals surface area contributed by atoms with Crippen molar-refractivity contribution in [2.24, 2.45) is 11.8 Å². The van der Waals surface area contributed by atoms with Crippen LogP contribution >= 0.6 is 0 Å². The summed E-state index contributed by atoms with van der Waals surface area (Å²) in [6, 6.07) is 6.30. The predicted octanol–water partition coefficient (Wildman–Crippen LogP) is 2.53. The van der Waals surface area contributed by atoms with Crippen LogP contribution in [0.15, 0.2) is 24.4 Å². The quantitative estimate of drug-likeness (QED) is 0.912.